The minimum atomic E-state index is 0.919. The third-order valence-corrected chi connectivity index (χ3v) is 2.19. The van der Waals surface area contributed by atoms with Crippen molar-refractivity contribution in [3.8, 4) is 5.69 Å². The summed E-state index contributed by atoms with van der Waals surface area (Å²) in [5, 5.41) is 8.31. The third kappa shape index (κ3) is 1.78. The molecular weight excluding hydrogens is 230 g/mol. The second kappa shape index (κ2) is 3.30. The Bertz CT molecular complexity index is 405. The van der Waals surface area contributed by atoms with Crippen LogP contribution in [0.2, 0.25) is 0 Å². The Hall–Kier alpha value is -1.16. The van der Waals surface area contributed by atoms with Crippen LogP contribution in [0.3, 0.4) is 0 Å². The lowest BCUT2D eigenvalue weighted by molar-refractivity contribution is 0.745. The lowest BCUT2D eigenvalue weighted by atomic mass is 10.3. The summed E-state index contributed by atoms with van der Waals surface area (Å²) in [6.45, 7) is 1.92. The summed E-state index contributed by atoms with van der Waals surface area (Å²) >= 11 is 3.37. The predicted molar refractivity (Wildman–Crippen MR) is 53.8 cm³/mol. The molecule has 0 aliphatic carbocycles. The zero-order valence-corrected chi connectivity index (χ0v) is 8.69. The summed E-state index contributed by atoms with van der Waals surface area (Å²) in [7, 11) is 0. The monoisotopic (exact) mass is 237 g/mol. The Kier molecular flexibility index (Phi) is 2.14. The Labute approximate surface area is 84.5 Å². The highest BCUT2D eigenvalue weighted by Gasteiger charge is 1.98. The van der Waals surface area contributed by atoms with E-state index in [9.17, 15) is 0 Å². The van der Waals surface area contributed by atoms with E-state index in [-0.39, 0.29) is 0 Å². The molecule has 0 unspecified atom stereocenters. The van der Waals surface area contributed by atoms with Gasteiger partial charge >= 0.3 is 0 Å². The molecule has 2 aromatic rings. The van der Waals surface area contributed by atoms with Gasteiger partial charge in [0.25, 0.3) is 0 Å². The molecule has 66 valence electrons. The molecule has 2 rings (SSSR count). The van der Waals surface area contributed by atoms with E-state index in [1.54, 1.807) is 11.0 Å². The average molecular weight is 238 g/mol. The van der Waals surface area contributed by atoms with Crippen molar-refractivity contribution >= 4 is 15.9 Å². The van der Waals surface area contributed by atoms with Gasteiger partial charge in [0.2, 0.25) is 0 Å². The number of aryl methyl sites for hydroxylation is 1. The fourth-order valence-electron chi connectivity index (χ4n) is 1.04. The number of benzene rings is 1. The molecule has 0 fully saturated rings. The van der Waals surface area contributed by atoms with Gasteiger partial charge in [-0.15, -0.1) is 0 Å². The van der Waals surface area contributed by atoms with Crippen LogP contribution in [0.5, 0.6) is 0 Å². The van der Waals surface area contributed by atoms with Gasteiger partial charge in [-0.1, -0.05) is 15.9 Å². The lowest BCUT2D eigenvalue weighted by Crippen LogP contribution is -1.97. The van der Waals surface area contributed by atoms with Crippen molar-refractivity contribution < 1.29 is 0 Å². The maximum atomic E-state index is 4.20. The number of rotatable bonds is 1. The van der Waals surface area contributed by atoms with E-state index in [0.29, 0.717) is 0 Å². The molecule has 13 heavy (non-hydrogen) atoms. The topological polar surface area (TPSA) is 30.7 Å². The van der Waals surface area contributed by atoms with Crippen LogP contribution in [0.1, 0.15) is 5.69 Å². The second-order valence-electron chi connectivity index (χ2n) is 2.75. The molecular formula is C9H8BrN3. The van der Waals surface area contributed by atoms with E-state index in [1.165, 1.54) is 0 Å². The highest BCUT2D eigenvalue weighted by Crippen LogP contribution is 2.12. The molecule has 0 saturated heterocycles. The van der Waals surface area contributed by atoms with Gasteiger partial charge in [0.1, 0.15) is 0 Å². The fraction of sp³-hybridized carbons (Fsp3) is 0.111. The summed E-state index contributed by atoms with van der Waals surface area (Å²) in [5.41, 5.74) is 1.89. The molecule has 0 saturated carbocycles. The molecule has 0 spiro atoms. The Morgan fingerprint density at radius 2 is 1.92 bits per heavy atom. The summed E-state index contributed by atoms with van der Waals surface area (Å²) in [4.78, 5) is 1.61. The van der Waals surface area contributed by atoms with Crippen molar-refractivity contribution in [2.24, 2.45) is 0 Å². The van der Waals surface area contributed by atoms with Crippen LogP contribution < -0.4 is 0 Å². The molecule has 0 aliphatic rings. The molecule has 0 bridgehead atoms. The molecule has 0 radical (unpaired) electrons. The Morgan fingerprint density at radius 3 is 2.46 bits per heavy atom. The van der Waals surface area contributed by atoms with E-state index in [4.69, 9.17) is 0 Å². The number of hydrogen-bond acceptors (Lipinski definition) is 2. The average Bonchev–Trinajstić information content (AvgIpc) is 2.53. The molecule has 1 heterocycles. The van der Waals surface area contributed by atoms with E-state index in [2.05, 4.69) is 26.1 Å². The molecule has 4 heteroatoms. The van der Waals surface area contributed by atoms with E-state index < -0.39 is 0 Å². The van der Waals surface area contributed by atoms with Crippen LogP contribution in [0, 0.1) is 6.92 Å². The van der Waals surface area contributed by atoms with Crippen molar-refractivity contribution in [2.45, 2.75) is 6.92 Å². The van der Waals surface area contributed by atoms with Gasteiger partial charge in [0.05, 0.1) is 17.6 Å². The summed E-state index contributed by atoms with van der Waals surface area (Å²) in [6, 6.07) is 7.86. The van der Waals surface area contributed by atoms with Crippen molar-refractivity contribution in [1.82, 2.24) is 15.0 Å². The SMILES string of the molecule is Cc1cnn(-c2ccc(Br)cc2)n1. The van der Waals surface area contributed by atoms with Crippen LogP contribution in [0.25, 0.3) is 5.69 Å². The number of nitrogens with zero attached hydrogens (tertiary/aromatic N) is 3. The van der Waals surface area contributed by atoms with Gasteiger partial charge in [0.15, 0.2) is 0 Å². The first-order valence-electron chi connectivity index (χ1n) is 3.90. The summed E-state index contributed by atoms with van der Waals surface area (Å²) in [6.07, 6.45) is 1.74. The quantitative estimate of drug-likeness (QED) is 0.763. The summed E-state index contributed by atoms with van der Waals surface area (Å²) < 4.78 is 1.06. The van der Waals surface area contributed by atoms with Crippen LogP contribution in [0.15, 0.2) is 34.9 Å². The van der Waals surface area contributed by atoms with Gasteiger partial charge < -0.3 is 0 Å². The van der Waals surface area contributed by atoms with E-state index >= 15 is 0 Å². The first-order chi connectivity index (χ1) is 6.25. The van der Waals surface area contributed by atoms with Gasteiger partial charge in [0, 0.05) is 4.47 Å². The maximum Gasteiger partial charge on any atom is 0.0857 e. The van der Waals surface area contributed by atoms with Gasteiger partial charge in [-0.2, -0.15) is 15.0 Å². The highest BCUT2D eigenvalue weighted by atomic mass is 79.9. The first-order valence-corrected chi connectivity index (χ1v) is 4.70. The van der Waals surface area contributed by atoms with Gasteiger partial charge in [-0.05, 0) is 31.2 Å². The standard InChI is InChI=1S/C9H8BrN3/c1-7-6-11-13(12-7)9-4-2-8(10)3-5-9/h2-6H,1H3. The van der Waals surface area contributed by atoms with Crippen LogP contribution in [0.4, 0.5) is 0 Å². The van der Waals surface area contributed by atoms with Gasteiger partial charge in [-0.3, -0.25) is 0 Å². The van der Waals surface area contributed by atoms with Crippen molar-refractivity contribution in [3.63, 3.8) is 0 Å². The minimum Gasteiger partial charge on any atom is -0.157 e. The smallest absolute Gasteiger partial charge is 0.0857 e. The molecule has 0 N–H and O–H groups in total. The maximum absolute atomic E-state index is 4.20. The number of halogens is 1. The Balaban J connectivity index is 2.41. The van der Waals surface area contributed by atoms with Crippen LogP contribution >= 0.6 is 15.9 Å². The Morgan fingerprint density at radius 1 is 1.23 bits per heavy atom. The second-order valence-corrected chi connectivity index (χ2v) is 3.67. The summed E-state index contributed by atoms with van der Waals surface area (Å²) in [5.74, 6) is 0. The molecule has 1 aromatic heterocycles. The van der Waals surface area contributed by atoms with Crippen LogP contribution in [-0.4, -0.2) is 15.0 Å². The van der Waals surface area contributed by atoms with Crippen molar-refractivity contribution in [1.29, 1.82) is 0 Å². The minimum absolute atomic E-state index is 0.919. The molecule has 0 atom stereocenters. The highest BCUT2D eigenvalue weighted by molar-refractivity contribution is 9.10. The first kappa shape index (κ1) is 8.44. The lowest BCUT2D eigenvalue weighted by Gasteiger charge is -1.98. The van der Waals surface area contributed by atoms with Crippen molar-refractivity contribution in [2.75, 3.05) is 0 Å². The van der Waals surface area contributed by atoms with E-state index in [0.717, 1.165) is 15.9 Å². The fourth-order valence-corrected chi connectivity index (χ4v) is 1.30. The van der Waals surface area contributed by atoms with Crippen molar-refractivity contribution in [3.05, 3.63) is 40.6 Å². The van der Waals surface area contributed by atoms with E-state index in [1.807, 2.05) is 31.2 Å². The predicted octanol–water partition coefficient (Wildman–Crippen LogP) is 2.34. The molecule has 3 nitrogen and oxygen atoms in total. The normalized spacial score (nSPS) is 10.3. The molecule has 0 aliphatic heterocycles. The zero-order valence-electron chi connectivity index (χ0n) is 7.11. The number of hydrogen-bond donors (Lipinski definition) is 0. The molecule has 0 amide bonds. The van der Waals surface area contributed by atoms with Gasteiger partial charge in [-0.25, -0.2) is 0 Å². The zero-order chi connectivity index (χ0) is 9.26. The van der Waals surface area contributed by atoms with Crippen LogP contribution in [-0.2, 0) is 0 Å². The number of aromatic nitrogens is 3. The largest absolute Gasteiger partial charge is 0.157 e. The third-order valence-electron chi connectivity index (χ3n) is 1.66. The molecule has 1 aromatic carbocycles.